The van der Waals surface area contributed by atoms with Crippen molar-refractivity contribution < 1.29 is 38.1 Å². The zero-order valence-corrected chi connectivity index (χ0v) is 26.1. The zero-order chi connectivity index (χ0) is 31.8. The number of esters is 1. The maximum absolute atomic E-state index is 13.0. The Balaban J connectivity index is 1.87. The maximum Gasteiger partial charge on any atom is 0.420 e. The largest absolute Gasteiger partial charge is 0.463 e. The van der Waals surface area contributed by atoms with Gasteiger partial charge >= 0.3 is 24.2 Å². The van der Waals surface area contributed by atoms with Gasteiger partial charge in [-0.2, -0.15) is 0 Å². The molecule has 3 rings (SSSR count). The van der Waals surface area contributed by atoms with Gasteiger partial charge < -0.3 is 23.8 Å². The minimum absolute atomic E-state index is 0.0218. The summed E-state index contributed by atoms with van der Waals surface area (Å²) < 4.78 is 21.8. The molecule has 0 atom stereocenters. The lowest BCUT2D eigenvalue weighted by Crippen LogP contribution is -2.43. The van der Waals surface area contributed by atoms with E-state index in [-0.39, 0.29) is 26.3 Å². The van der Waals surface area contributed by atoms with Crippen LogP contribution in [0, 0.1) is 0 Å². The molecule has 10 nitrogen and oxygen atoms in total. The van der Waals surface area contributed by atoms with E-state index in [4.69, 9.17) is 18.9 Å². The van der Waals surface area contributed by atoms with Crippen LogP contribution >= 0.6 is 0 Å². The molecule has 1 aliphatic heterocycles. The number of imide groups is 1. The Morgan fingerprint density at radius 2 is 1.42 bits per heavy atom. The summed E-state index contributed by atoms with van der Waals surface area (Å²) in [4.78, 5) is 54.4. The lowest BCUT2D eigenvalue weighted by molar-refractivity contribution is -0.138. The normalized spacial score (nSPS) is 13.7. The fourth-order valence-electron chi connectivity index (χ4n) is 4.33. The predicted octanol–water partition coefficient (Wildman–Crippen LogP) is 6.72. The molecule has 3 amide bonds. The third-order valence-electron chi connectivity index (χ3n) is 6.17. The summed E-state index contributed by atoms with van der Waals surface area (Å²) in [7, 11) is 0. The predicted molar refractivity (Wildman–Crippen MR) is 161 cm³/mol. The van der Waals surface area contributed by atoms with Crippen molar-refractivity contribution in [1.29, 1.82) is 0 Å². The van der Waals surface area contributed by atoms with Gasteiger partial charge in [0, 0.05) is 6.54 Å². The van der Waals surface area contributed by atoms with Crippen molar-refractivity contribution in [3.05, 3.63) is 76.9 Å². The number of amides is 3. The van der Waals surface area contributed by atoms with Gasteiger partial charge in [-0.1, -0.05) is 48.5 Å². The SMILES string of the molecule is CCOC(=O)C1=C(c2cccc(CN(C(=O)OC(C)(C)C)C(=O)OC(C)(C)C)c2)CCN(C(=O)OCc2ccccc2)C1. The molecule has 2 aromatic carbocycles. The maximum atomic E-state index is 13.0. The van der Waals surface area contributed by atoms with Gasteiger partial charge in [0.1, 0.15) is 17.8 Å². The molecule has 0 fully saturated rings. The third-order valence-corrected chi connectivity index (χ3v) is 6.17. The van der Waals surface area contributed by atoms with Crippen LogP contribution in [-0.4, -0.2) is 64.9 Å². The first-order valence-electron chi connectivity index (χ1n) is 14.3. The first kappa shape index (κ1) is 33.2. The molecule has 0 bridgehead atoms. The van der Waals surface area contributed by atoms with Crippen molar-refractivity contribution in [2.45, 2.75) is 79.2 Å². The van der Waals surface area contributed by atoms with Gasteiger partial charge in [0.05, 0.1) is 25.3 Å². The van der Waals surface area contributed by atoms with Gasteiger partial charge in [-0.3, -0.25) is 0 Å². The molecule has 0 spiro atoms. The summed E-state index contributed by atoms with van der Waals surface area (Å²) >= 11 is 0. The number of ether oxygens (including phenoxy) is 4. The van der Waals surface area contributed by atoms with E-state index in [0.717, 1.165) is 10.5 Å². The van der Waals surface area contributed by atoms with Crippen LogP contribution in [0.3, 0.4) is 0 Å². The summed E-state index contributed by atoms with van der Waals surface area (Å²) in [5, 5.41) is 0. The first-order valence-corrected chi connectivity index (χ1v) is 14.3. The topological polar surface area (TPSA) is 112 Å². The van der Waals surface area contributed by atoms with E-state index in [1.54, 1.807) is 66.7 Å². The van der Waals surface area contributed by atoms with Gasteiger partial charge in [-0.15, -0.1) is 0 Å². The first-order chi connectivity index (χ1) is 20.2. The molecular formula is C33H42N2O8. The van der Waals surface area contributed by atoms with E-state index in [1.165, 1.54) is 4.90 Å². The van der Waals surface area contributed by atoms with Crippen LogP contribution in [0.5, 0.6) is 0 Å². The van der Waals surface area contributed by atoms with Gasteiger partial charge in [0.15, 0.2) is 0 Å². The Hall–Kier alpha value is -4.34. The third kappa shape index (κ3) is 10.2. The van der Waals surface area contributed by atoms with Crippen LogP contribution in [0.4, 0.5) is 14.4 Å². The van der Waals surface area contributed by atoms with E-state index >= 15 is 0 Å². The second kappa shape index (κ2) is 14.2. The van der Waals surface area contributed by atoms with Crippen LogP contribution in [0.15, 0.2) is 60.2 Å². The van der Waals surface area contributed by atoms with Gasteiger partial charge in [-0.25, -0.2) is 24.1 Å². The lowest BCUT2D eigenvalue weighted by atomic mass is 9.92. The average molecular weight is 595 g/mol. The quantitative estimate of drug-likeness (QED) is 0.257. The number of hydrogen-bond donors (Lipinski definition) is 0. The summed E-state index contributed by atoms with van der Waals surface area (Å²) in [5.74, 6) is -0.521. The number of benzene rings is 2. The summed E-state index contributed by atoms with van der Waals surface area (Å²) in [6, 6.07) is 16.5. The fourth-order valence-corrected chi connectivity index (χ4v) is 4.33. The van der Waals surface area contributed by atoms with E-state index in [2.05, 4.69) is 0 Å². The van der Waals surface area contributed by atoms with Crippen molar-refractivity contribution >= 4 is 29.8 Å². The highest BCUT2D eigenvalue weighted by Crippen LogP contribution is 2.30. The monoisotopic (exact) mass is 594 g/mol. The van der Waals surface area contributed by atoms with E-state index in [9.17, 15) is 19.2 Å². The Bertz CT molecular complexity index is 1310. The molecule has 0 saturated heterocycles. The zero-order valence-electron chi connectivity index (χ0n) is 26.1. The van der Waals surface area contributed by atoms with Crippen molar-refractivity contribution in [1.82, 2.24) is 9.80 Å². The minimum Gasteiger partial charge on any atom is -0.463 e. The van der Waals surface area contributed by atoms with Gasteiger partial charge in [-0.05, 0) is 83.2 Å². The van der Waals surface area contributed by atoms with Crippen LogP contribution < -0.4 is 0 Å². The number of rotatable bonds is 7. The van der Waals surface area contributed by atoms with Gasteiger partial charge in [0.25, 0.3) is 0 Å². The molecule has 0 unspecified atom stereocenters. The molecule has 0 N–H and O–H groups in total. The van der Waals surface area contributed by atoms with Crippen LogP contribution in [-0.2, 0) is 36.9 Å². The molecule has 1 heterocycles. The second-order valence-corrected chi connectivity index (χ2v) is 12.1. The molecule has 10 heteroatoms. The Morgan fingerprint density at radius 1 is 0.814 bits per heavy atom. The molecule has 1 aliphatic rings. The van der Waals surface area contributed by atoms with Crippen LogP contribution in [0.25, 0.3) is 5.57 Å². The highest BCUT2D eigenvalue weighted by Gasteiger charge is 2.32. The lowest BCUT2D eigenvalue weighted by Gasteiger charge is -2.30. The van der Waals surface area contributed by atoms with Crippen molar-refractivity contribution in [3.8, 4) is 0 Å². The van der Waals surface area contributed by atoms with E-state index in [1.807, 2.05) is 36.4 Å². The minimum atomic E-state index is -0.832. The summed E-state index contributed by atoms with van der Waals surface area (Å²) in [6.07, 6.45) is -1.81. The summed E-state index contributed by atoms with van der Waals surface area (Å²) in [5.41, 5.74) is 1.61. The second-order valence-electron chi connectivity index (χ2n) is 12.1. The number of carbonyl (C=O) groups is 4. The number of carbonyl (C=O) groups excluding carboxylic acids is 4. The molecule has 0 radical (unpaired) electrons. The Morgan fingerprint density at radius 3 is 2.00 bits per heavy atom. The van der Waals surface area contributed by atoms with Crippen LogP contribution in [0.2, 0.25) is 0 Å². The summed E-state index contributed by atoms with van der Waals surface area (Å²) in [6.45, 7) is 12.5. The molecule has 0 saturated carbocycles. The van der Waals surface area contributed by atoms with Crippen LogP contribution in [0.1, 0.15) is 71.6 Å². The molecular weight excluding hydrogens is 552 g/mol. The van der Waals surface area contributed by atoms with Gasteiger partial charge in [0.2, 0.25) is 0 Å². The molecule has 232 valence electrons. The number of hydrogen-bond acceptors (Lipinski definition) is 8. The average Bonchev–Trinajstić information content (AvgIpc) is 2.93. The van der Waals surface area contributed by atoms with E-state index in [0.29, 0.717) is 35.2 Å². The molecule has 0 aromatic heterocycles. The van der Waals surface area contributed by atoms with E-state index < -0.39 is 35.5 Å². The molecule has 0 aliphatic carbocycles. The van der Waals surface area contributed by atoms with Crippen molar-refractivity contribution in [2.24, 2.45) is 0 Å². The molecule has 2 aromatic rings. The van der Waals surface area contributed by atoms with Crippen molar-refractivity contribution in [2.75, 3.05) is 19.7 Å². The standard InChI is InChI=1S/C33H42N2O8/c1-8-40-28(36)27-21-34(29(37)41-22-23-13-10-9-11-14-23)18-17-26(27)25-16-12-15-24(19-25)20-35(30(38)42-32(2,3)4)31(39)43-33(5,6)7/h9-16,19H,8,17-18,20-22H2,1-7H3. The molecule has 43 heavy (non-hydrogen) atoms. The Kier molecular flexibility index (Phi) is 11.0. The Labute approximate surface area is 253 Å². The highest BCUT2D eigenvalue weighted by atomic mass is 16.6. The smallest absolute Gasteiger partial charge is 0.420 e. The number of nitrogens with zero attached hydrogens (tertiary/aromatic N) is 2. The highest BCUT2D eigenvalue weighted by molar-refractivity contribution is 5.99. The van der Waals surface area contributed by atoms with Crippen molar-refractivity contribution in [3.63, 3.8) is 0 Å². The fraction of sp³-hybridized carbons (Fsp3) is 0.455.